The van der Waals surface area contributed by atoms with Crippen molar-refractivity contribution in [2.75, 3.05) is 4.90 Å². The lowest BCUT2D eigenvalue weighted by atomic mass is 9.97. The van der Waals surface area contributed by atoms with Gasteiger partial charge in [0.15, 0.2) is 0 Å². The number of fused-ring (bicyclic) bond motifs is 7. The highest BCUT2D eigenvalue weighted by Crippen LogP contribution is 2.51. The molecule has 0 aliphatic rings. The summed E-state index contributed by atoms with van der Waals surface area (Å²) in [6.07, 6.45) is 0. The Balaban J connectivity index is 1.17. The molecule has 258 valence electrons. The van der Waals surface area contributed by atoms with E-state index in [1.165, 1.54) is 95.9 Å². The summed E-state index contributed by atoms with van der Waals surface area (Å²) in [4.78, 5) is 2.52. The van der Waals surface area contributed by atoms with E-state index in [1.54, 1.807) is 0 Å². The highest BCUT2D eigenvalue weighted by Gasteiger charge is 2.24. The molecule has 0 saturated carbocycles. The minimum atomic E-state index is 1.13. The van der Waals surface area contributed by atoms with Crippen molar-refractivity contribution in [3.63, 3.8) is 0 Å². The Labute approximate surface area is 327 Å². The van der Waals surface area contributed by atoms with Gasteiger partial charge in [-0.3, -0.25) is 0 Å². The second-order valence-electron chi connectivity index (χ2n) is 14.0. The molecule has 0 atom stereocenters. The van der Waals surface area contributed by atoms with E-state index in [0.717, 1.165) is 5.69 Å². The Kier molecular flexibility index (Phi) is 7.61. The molecule has 11 rings (SSSR count). The van der Waals surface area contributed by atoms with Crippen LogP contribution >= 0.6 is 22.7 Å². The molecule has 0 aliphatic carbocycles. The van der Waals surface area contributed by atoms with Gasteiger partial charge in [-0.25, -0.2) is 0 Å². The van der Waals surface area contributed by atoms with Crippen molar-refractivity contribution in [2.45, 2.75) is 0 Å². The van der Waals surface area contributed by atoms with Crippen LogP contribution in [0.5, 0.6) is 0 Å². The van der Waals surface area contributed by atoms with Gasteiger partial charge >= 0.3 is 0 Å². The first kappa shape index (κ1) is 32.0. The fourth-order valence-corrected chi connectivity index (χ4v) is 10.7. The lowest BCUT2D eigenvalue weighted by molar-refractivity contribution is 1.32. The Hall–Kier alpha value is -6.52. The zero-order valence-corrected chi connectivity index (χ0v) is 31.4. The van der Waals surface area contributed by atoms with E-state index in [2.05, 4.69) is 205 Å². The van der Waals surface area contributed by atoms with E-state index in [-0.39, 0.29) is 0 Å². The number of benzene rings is 9. The summed E-state index contributed by atoms with van der Waals surface area (Å²) in [5, 5.41) is 7.63. The second-order valence-corrected chi connectivity index (χ2v) is 16.2. The summed E-state index contributed by atoms with van der Waals surface area (Å²) >= 11 is 3.76. The monoisotopic (exact) mass is 735 g/mol. The summed E-state index contributed by atoms with van der Waals surface area (Å²) in [6.45, 7) is 0. The van der Waals surface area contributed by atoms with Crippen molar-refractivity contribution in [1.29, 1.82) is 0 Å². The molecule has 0 fully saturated rings. The fourth-order valence-electron chi connectivity index (χ4n) is 8.32. The average Bonchev–Trinajstić information content (AvgIpc) is 3.84. The Morgan fingerprint density at radius 2 is 0.945 bits per heavy atom. The predicted molar refractivity (Wildman–Crippen MR) is 241 cm³/mol. The molecule has 2 heterocycles. The highest BCUT2D eigenvalue weighted by molar-refractivity contribution is 7.26. The van der Waals surface area contributed by atoms with Crippen LogP contribution in [0.1, 0.15) is 0 Å². The van der Waals surface area contributed by atoms with Crippen molar-refractivity contribution < 1.29 is 0 Å². The first-order valence-electron chi connectivity index (χ1n) is 18.7. The molecular formula is C52H33NS2. The van der Waals surface area contributed by atoms with E-state index >= 15 is 0 Å². The van der Waals surface area contributed by atoms with Gasteiger partial charge in [0.2, 0.25) is 0 Å². The molecule has 0 saturated heterocycles. The van der Waals surface area contributed by atoms with Gasteiger partial charge in [-0.2, -0.15) is 0 Å². The zero-order chi connectivity index (χ0) is 36.3. The molecule has 0 amide bonds. The van der Waals surface area contributed by atoms with Crippen LogP contribution in [0.4, 0.5) is 17.1 Å². The molecule has 0 N–H and O–H groups in total. The molecule has 9 aromatic carbocycles. The summed E-state index contributed by atoms with van der Waals surface area (Å²) in [5.41, 5.74) is 10.9. The van der Waals surface area contributed by atoms with Crippen LogP contribution in [-0.4, -0.2) is 0 Å². The highest BCUT2D eigenvalue weighted by atomic mass is 32.1. The third-order valence-electron chi connectivity index (χ3n) is 10.9. The Bertz CT molecular complexity index is 3190. The van der Waals surface area contributed by atoms with E-state index in [9.17, 15) is 0 Å². The van der Waals surface area contributed by atoms with E-state index in [1.807, 2.05) is 22.7 Å². The van der Waals surface area contributed by atoms with E-state index < -0.39 is 0 Å². The zero-order valence-electron chi connectivity index (χ0n) is 29.8. The molecule has 1 nitrogen and oxygen atoms in total. The van der Waals surface area contributed by atoms with Crippen molar-refractivity contribution >= 4 is 90.9 Å². The molecule has 55 heavy (non-hydrogen) atoms. The van der Waals surface area contributed by atoms with Crippen LogP contribution in [0.25, 0.3) is 84.5 Å². The van der Waals surface area contributed by atoms with Gasteiger partial charge in [-0.1, -0.05) is 158 Å². The van der Waals surface area contributed by atoms with Crippen LogP contribution in [0.2, 0.25) is 0 Å². The van der Waals surface area contributed by atoms with Crippen molar-refractivity contribution in [3.05, 3.63) is 200 Å². The van der Waals surface area contributed by atoms with Crippen LogP contribution in [0.3, 0.4) is 0 Å². The van der Waals surface area contributed by atoms with Crippen LogP contribution in [0.15, 0.2) is 200 Å². The van der Waals surface area contributed by atoms with Gasteiger partial charge in [0.05, 0.1) is 11.4 Å². The van der Waals surface area contributed by atoms with Gasteiger partial charge in [0.25, 0.3) is 0 Å². The Morgan fingerprint density at radius 3 is 1.78 bits per heavy atom. The summed E-state index contributed by atoms with van der Waals surface area (Å²) in [5.74, 6) is 0. The maximum Gasteiger partial charge on any atom is 0.0555 e. The lowest BCUT2D eigenvalue weighted by Crippen LogP contribution is -2.11. The normalized spacial score (nSPS) is 11.6. The van der Waals surface area contributed by atoms with Gasteiger partial charge in [0, 0.05) is 46.0 Å². The summed E-state index contributed by atoms with van der Waals surface area (Å²) < 4.78 is 5.17. The summed E-state index contributed by atoms with van der Waals surface area (Å²) in [6, 6.07) is 73.3. The average molecular weight is 736 g/mol. The molecule has 3 heteroatoms. The van der Waals surface area contributed by atoms with Gasteiger partial charge < -0.3 is 4.90 Å². The second kappa shape index (κ2) is 13.1. The smallest absolute Gasteiger partial charge is 0.0555 e. The summed E-state index contributed by atoms with van der Waals surface area (Å²) in [7, 11) is 0. The topological polar surface area (TPSA) is 3.24 Å². The molecule has 0 aliphatic heterocycles. The SMILES string of the molecule is c1ccc(-c2ccc3c(c2)sc2cccc(N(c4ccc(-c5cccc6ccccc56)cc4)c4ccc(-c5ccccc5)c5sc6ccccc6c45)c23)cc1. The molecule has 0 bridgehead atoms. The van der Waals surface area contributed by atoms with E-state index in [0.29, 0.717) is 0 Å². The molecular weight excluding hydrogens is 703 g/mol. The maximum atomic E-state index is 2.52. The minimum Gasteiger partial charge on any atom is -0.309 e. The molecule has 0 radical (unpaired) electrons. The first-order valence-corrected chi connectivity index (χ1v) is 20.3. The van der Waals surface area contributed by atoms with Crippen molar-refractivity contribution in [3.8, 4) is 33.4 Å². The third-order valence-corrected chi connectivity index (χ3v) is 13.2. The van der Waals surface area contributed by atoms with Crippen LogP contribution in [0, 0.1) is 0 Å². The van der Waals surface area contributed by atoms with Crippen molar-refractivity contribution in [1.82, 2.24) is 0 Å². The largest absolute Gasteiger partial charge is 0.309 e. The number of nitrogens with zero attached hydrogens (tertiary/aromatic N) is 1. The van der Waals surface area contributed by atoms with Gasteiger partial charge in [0.1, 0.15) is 0 Å². The number of hydrogen-bond acceptors (Lipinski definition) is 3. The quantitative estimate of drug-likeness (QED) is 0.164. The molecule has 2 aromatic heterocycles. The first-order chi connectivity index (χ1) is 27.3. The fraction of sp³-hybridized carbons (Fsp3) is 0. The van der Waals surface area contributed by atoms with Crippen LogP contribution in [-0.2, 0) is 0 Å². The third kappa shape index (κ3) is 5.35. The van der Waals surface area contributed by atoms with E-state index in [4.69, 9.17) is 0 Å². The van der Waals surface area contributed by atoms with Crippen molar-refractivity contribution in [2.24, 2.45) is 0 Å². The lowest BCUT2D eigenvalue weighted by Gasteiger charge is -2.28. The number of hydrogen-bond donors (Lipinski definition) is 0. The molecule has 0 unspecified atom stereocenters. The predicted octanol–water partition coefficient (Wildman–Crippen LogP) is 16.0. The Morgan fingerprint density at radius 1 is 0.327 bits per heavy atom. The maximum absolute atomic E-state index is 2.52. The van der Waals surface area contributed by atoms with Crippen LogP contribution < -0.4 is 4.90 Å². The number of anilines is 3. The number of rotatable bonds is 6. The standard InChI is InChI=1S/C52H33NS2/c1-3-13-34(14-4-1)38-27-30-44-49(33-38)54-48-24-12-22-45(50(44)48)53(39-28-25-37(26-29-39)41-21-11-18-35-17-7-8-19-40(35)41)46-32-31-42(36-15-5-2-6-16-36)52-51(46)43-20-9-10-23-47(43)55-52/h1-33H. The molecule has 11 aromatic rings. The number of thiophene rings is 2. The van der Waals surface area contributed by atoms with Gasteiger partial charge in [-0.05, 0) is 86.6 Å². The van der Waals surface area contributed by atoms with Gasteiger partial charge in [-0.15, -0.1) is 22.7 Å². The minimum absolute atomic E-state index is 1.13. The molecule has 0 spiro atoms.